The van der Waals surface area contributed by atoms with Gasteiger partial charge in [-0.25, -0.2) is 0 Å². The topological polar surface area (TPSA) is 34.1 Å². The summed E-state index contributed by atoms with van der Waals surface area (Å²) >= 11 is 0. The summed E-state index contributed by atoms with van der Waals surface area (Å²) in [6, 6.07) is 0. The van der Waals surface area contributed by atoms with Crippen LogP contribution in [-0.2, 0) is 9.59 Å². The lowest BCUT2D eigenvalue weighted by molar-refractivity contribution is -0.116. The van der Waals surface area contributed by atoms with E-state index in [1.807, 2.05) is 0 Å². The average molecular weight is 239 g/mol. The molecule has 1 radical (unpaired) electrons. The van der Waals surface area contributed by atoms with Crippen molar-refractivity contribution in [1.29, 1.82) is 0 Å². The SMILES string of the molecule is C[Si](C)C(=C1C(=O)CCC1=O)[Si](C)(C)C. The number of carbonyl (C=O) groups is 2. The molecular weight excluding hydrogens is 220 g/mol. The maximum absolute atomic E-state index is 11.7. The minimum Gasteiger partial charge on any atom is -0.294 e. The van der Waals surface area contributed by atoms with Crippen molar-refractivity contribution in [2.45, 2.75) is 45.6 Å². The maximum atomic E-state index is 11.7. The van der Waals surface area contributed by atoms with Crippen molar-refractivity contribution in [3.63, 3.8) is 0 Å². The molecule has 0 aromatic heterocycles. The fourth-order valence-electron chi connectivity index (χ4n) is 2.29. The van der Waals surface area contributed by atoms with Gasteiger partial charge in [0.05, 0.1) is 22.4 Å². The molecule has 4 heteroatoms. The number of hydrogen-bond acceptors (Lipinski definition) is 2. The molecule has 1 saturated carbocycles. The van der Waals surface area contributed by atoms with Gasteiger partial charge in [0, 0.05) is 12.8 Å². The lowest BCUT2D eigenvalue weighted by Crippen LogP contribution is -2.35. The minimum atomic E-state index is -1.52. The van der Waals surface area contributed by atoms with Crippen molar-refractivity contribution in [1.82, 2.24) is 0 Å². The Hall–Kier alpha value is -0.486. The second-order valence-electron chi connectivity index (χ2n) is 5.35. The Kier molecular flexibility index (Phi) is 3.50. The summed E-state index contributed by atoms with van der Waals surface area (Å²) in [5, 5.41) is 0. The van der Waals surface area contributed by atoms with Crippen LogP contribution in [0.2, 0.25) is 32.7 Å². The summed E-state index contributed by atoms with van der Waals surface area (Å²) in [4.78, 5) is 24.7. The molecule has 0 unspecified atom stereocenters. The molecule has 0 bridgehead atoms. The molecule has 0 N–H and O–H groups in total. The van der Waals surface area contributed by atoms with E-state index in [1.165, 1.54) is 4.82 Å². The first-order valence-electron chi connectivity index (χ1n) is 5.37. The smallest absolute Gasteiger partial charge is 0.166 e. The fraction of sp³-hybridized carbons (Fsp3) is 0.636. The van der Waals surface area contributed by atoms with Crippen LogP contribution in [0.25, 0.3) is 0 Å². The van der Waals surface area contributed by atoms with Gasteiger partial charge in [0.25, 0.3) is 0 Å². The number of rotatable bonds is 2. The highest BCUT2D eigenvalue weighted by Crippen LogP contribution is 2.28. The van der Waals surface area contributed by atoms with Gasteiger partial charge in [-0.15, -0.1) is 0 Å². The van der Waals surface area contributed by atoms with Crippen LogP contribution in [0.1, 0.15) is 12.8 Å². The fourth-order valence-corrected chi connectivity index (χ4v) is 10.1. The monoisotopic (exact) mass is 239 g/mol. The Bertz CT molecular complexity index is 317. The lowest BCUT2D eigenvalue weighted by atomic mass is 10.2. The summed E-state index contributed by atoms with van der Waals surface area (Å²) in [5.74, 6) is 0.201. The van der Waals surface area contributed by atoms with E-state index >= 15 is 0 Å². The van der Waals surface area contributed by atoms with E-state index < -0.39 is 16.9 Å². The second-order valence-corrected chi connectivity index (χ2v) is 13.3. The molecule has 2 nitrogen and oxygen atoms in total. The van der Waals surface area contributed by atoms with Gasteiger partial charge in [-0.2, -0.15) is 0 Å². The van der Waals surface area contributed by atoms with E-state index in [1.54, 1.807) is 0 Å². The zero-order valence-corrected chi connectivity index (χ0v) is 12.2. The first kappa shape index (κ1) is 12.6. The van der Waals surface area contributed by atoms with Crippen LogP contribution in [0, 0.1) is 0 Å². The van der Waals surface area contributed by atoms with Crippen LogP contribution < -0.4 is 0 Å². The maximum Gasteiger partial charge on any atom is 0.166 e. The van der Waals surface area contributed by atoms with Crippen molar-refractivity contribution in [3.05, 3.63) is 10.4 Å². The van der Waals surface area contributed by atoms with Crippen molar-refractivity contribution < 1.29 is 9.59 Å². The molecule has 1 aliphatic rings. The van der Waals surface area contributed by atoms with E-state index in [-0.39, 0.29) is 11.6 Å². The molecule has 0 heterocycles. The van der Waals surface area contributed by atoms with E-state index in [9.17, 15) is 9.59 Å². The van der Waals surface area contributed by atoms with E-state index in [0.29, 0.717) is 18.4 Å². The Balaban J connectivity index is 3.34. The third-order valence-corrected chi connectivity index (χ3v) is 9.39. The van der Waals surface area contributed by atoms with E-state index in [2.05, 4.69) is 32.7 Å². The van der Waals surface area contributed by atoms with E-state index in [4.69, 9.17) is 0 Å². The Morgan fingerprint density at radius 2 is 1.47 bits per heavy atom. The molecule has 0 aromatic carbocycles. The summed E-state index contributed by atoms with van der Waals surface area (Å²) in [5.41, 5.74) is 0.605. The summed E-state index contributed by atoms with van der Waals surface area (Å²) in [7, 11) is -2.19. The molecule has 0 amide bonds. The predicted molar refractivity (Wildman–Crippen MR) is 67.1 cm³/mol. The van der Waals surface area contributed by atoms with Crippen molar-refractivity contribution in [2.24, 2.45) is 0 Å². The van der Waals surface area contributed by atoms with Gasteiger partial charge in [0.1, 0.15) is 0 Å². The third kappa shape index (κ3) is 2.55. The average Bonchev–Trinajstić information content (AvgIpc) is 2.32. The van der Waals surface area contributed by atoms with Crippen LogP contribution in [0.4, 0.5) is 0 Å². The molecule has 1 aliphatic carbocycles. The second kappa shape index (κ2) is 4.17. The number of allylic oxidation sites excluding steroid dienone is 1. The quantitative estimate of drug-likeness (QED) is 0.421. The molecule has 83 valence electrons. The normalized spacial score (nSPS) is 17.9. The predicted octanol–water partition coefficient (Wildman–Crippen LogP) is 2.39. The number of carbonyl (C=O) groups excluding carboxylic acids is 2. The van der Waals surface area contributed by atoms with Gasteiger partial charge in [-0.1, -0.05) is 37.6 Å². The highest BCUT2D eigenvalue weighted by atomic mass is 28.4. The number of hydrogen-bond donors (Lipinski definition) is 0. The molecule has 1 rings (SSSR count). The van der Waals surface area contributed by atoms with Crippen molar-refractivity contribution in [3.8, 4) is 0 Å². The Labute approximate surface area is 94.4 Å². The molecule has 0 aliphatic heterocycles. The van der Waals surface area contributed by atoms with Gasteiger partial charge in [-0.05, 0) is 0 Å². The van der Waals surface area contributed by atoms with E-state index in [0.717, 1.165) is 0 Å². The van der Waals surface area contributed by atoms with Gasteiger partial charge in [-0.3, -0.25) is 9.59 Å². The number of ketones is 2. The van der Waals surface area contributed by atoms with Crippen molar-refractivity contribution in [2.75, 3.05) is 0 Å². The van der Waals surface area contributed by atoms with Gasteiger partial charge < -0.3 is 0 Å². The lowest BCUT2D eigenvalue weighted by Gasteiger charge is -2.25. The summed E-state index contributed by atoms with van der Waals surface area (Å²) in [6.45, 7) is 11.1. The van der Waals surface area contributed by atoms with Crippen LogP contribution >= 0.6 is 0 Å². The molecule has 0 saturated heterocycles. The molecule has 1 fully saturated rings. The molecular formula is C11H19O2Si2. The Morgan fingerprint density at radius 1 is 1.07 bits per heavy atom. The van der Waals surface area contributed by atoms with Crippen LogP contribution in [0.3, 0.4) is 0 Å². The van der Waals surface area contributed by atoms with Crippen LogP contribution in [0.5, 0.6) is 0 Å². The third-order valence-electron chi connectivity index (χ3n) is 2.64. The standard InChI is InChI=1S/C11H19O2Si2/c1-14(2)11(15(3,4)5)10-8(12)6-7-9(10)13/h6-7H2,1-5H3. The highest BCUT2D eigenvalue weighted by Gasteiger charge is 2.35. The van der Waals surface area contributed by atoms with Crippen LogP contribution in [0.15, 0.2) is 10.4 Å². The summed E-state index contributed by atoms with van der Waals surface area (Å²) < 4.78 is 0. The molecule has 0 spiro atoms. The first-order chi connectivity index (χ1) is 6.75. The highest BCUT2D eigenvalue weighted by molar-refractivity contribution is 6.98. The van der Waals surface area contributed by atoms with Crippen molar-refractivity contribution >= 4 is 28.4 Å². The van der Waals surface area contributed by atoms with Crippen LogP contribution in [-0.4, -0.2) is 28.4 Å². The molecule has 0 aromatic rings. The first-order valence-corrected chi connectivity index (χ1v) is 11.4. The molecule has 15 heavy (non-hydrogen) atoms. The summed E-state index contributed by atoms with van der Waals surface area (Å²) in [6.07, 6.45) is 0.884. The Morgan fingerprint density at radius 3 is 1.73 bits per heavy atom. The zero-order chi connectivity index (χ0) is 11.8. The van der Waals surface area contributed by atoms with Gasteiger partial charge >= 0.3 is 0 Å². The molecule has 0 atom stereocenters. The largest absolute Gasteiger partial charge is 0.294 e. The van der Waals surface area contributed by atoms with Gasteiger partial charge in [0.2, 0.25) is 0 Å². The minimum absolute atomic E-state index is 0.101. The zero-order valence-electron chi connectivity index (χ0n) is 10.2. The van der Waals surface area contributed by atoms with Gasteiger partial charge in [0.15, 0.2) is 11.6 Å². The number of Topliss-reactive ketones (excluding diaryl/α,β-unsaturated/α-hetero) is 2.